The molecule has 0 bridgehead atoms. The number of hydrogen-bond acceptors (Lipinski definition) is 5. The van der Waals surface area contributed by atoms with Gasteiger partial charge in [0.2, 0.25) is 11.8 Å². The zero-order valence-electron chi connectivity index (χ0n) is 12.2. The van der Waals surface area contributed by atoms with Gasteiger partial charge in [-0.15, -0.1) is 0 Å². The lowest BCUT2D eigenvalue weighted by Crippen LogP contribution is -2.37. The van der Waals surface area contributed by atoms with E-state index < -0.39 is 11.4 Å². The fraction of sp³-hybridized carbons (Fsp3) is 0.714. The predicted molar refractivity (Wildman–Crippen MR) is 73.3 cm³/mol. The van der Waals surface area contributed by atoms with Crippen molar-refractivity contribution in [3.8, 4) is 0 Å². The first-order valence-electron chi connectivity index (χ1n) is 7.31. The maximum atomic E-state index is 12.1. The van der Waals surface area contributed by atoms with E-state index in [0.29, 0.717) is 24.6 Å². The van der Waals surface area contributed by atoms with Crippen LogP contribution < -0.4 is 5.32 Å². The van der Waals surface area contributed by atoms with Crippen LogP contribution in [0.2, 0.25) is 0 Å². The molecule has 7 heteroatoms. The van der Waals surface area contributed by atoms with Crippen LogP contribution in [0.15, 0.2) is 4.52 Å². The van der Waals surface area contributed by atoms with Crippen molar-refractivity contribution in [2.75, 3.05) is 0 Å². The summed E-state index contributed by atoms with van der Waals surface area (Å²) < 4.78 is 4.81. The first-order chi connectivity index (χ1) is 10.0. The lowest BCUT2D eigenvalue weighted by Gasteiger charge is -2.27. The maximum Gasteiger partial charge on any atom is 0.310 e. The third kappa shape index (κ3) is 4.03. The van der Waals surface area contributed by atoms with Crippen molar-refractivity contribution in [3.63, 3.8) is 0 Å². The highest BCUT2D eigenvalue weighted by Crippen LogP contribution is 2.38. The molecule has 1 heterocycles. The number of aryl methyl sites for hydroxylation is 1. The van der Waals surface area contributed by atoms with Crippen molar-refractivity contribution in [3.05, 3.63) is 11.7 Å². The van der Waals surface area contributed by atoms with Gasteiger partial charge in [-0.25, -0.2) is 0 Å². The molecule has 0 atom stereocenters. The van der Waals surface area contributed by atoms with Crippen LogP contribution in [0.5, 0.6) is 0 Å². The number of hydrogen-bond donors (Lipinski definition) is 2. The van der Waals surface area contributed by atoms with E-state index in [4.69, 9.17) is 4.52 Å². The summed E-state index contributed by atoms with van der Waals surface area (Å²) in [4.78, 5) is 27.7. The molecule has 0 spiro atoms. The van der Waals surface area contributed by atoms with Crippen LogP contribution >= 0.6 is 0 Å². The van der Waals surface area contributed by atoms with Gasteiger partial charge in [-0.3, -0.25) is 9.59 Å². The number of aliphatic carboxylic acids is 1. The van der Waals surface area contributed by atoms with Crippen molar-refractivity contribution < 1.29 is 19.2 Å². The van der Waals surface area contributed by atoms with E-state index >= 15 is 0 Å². The van der Waals surface area contributed by atoms with Crippen molar-refractivity contribution in [2.24, 2.45) is 5.41 Å². The molecule has 2 rings (SSSR count). The number of aromatic nitrogens is 2. The molecule has 116 valence electrons. The Morgan fingerprint density at radius 1 is 1.29 bits per heavy atom. The molecule has 1 fully saturated rings. The summed E-state index contributed by atoms with van der Waals surface area (Å²) >= 11 is 0. The smallest absolute Gasteiger partial charge is 0.310 e. The molecule has 1 aromatic heterocycles. The summed E-state index contributed by atoms with van der Waals surface area (Å²) in [7, 11) is 0. The zero-order valence-corrected chi connectivity index (χ0v) is 12.2. The minimum absolute atomic E-state index is 0.0131. The van der Waals surface area contributed by atoms with Gasteiger partial charge >= 0.3 is 5.97 Å². The standard InChI is InChI=1S/C14H21N3O4/c1-10-16-11(17-21-10)9-15-12(18)8-14(13(19)20)6-4-2-3-5-7-14/h2-9H2,1H3,(H,15,18)(H,19,20). The van der Waals surface area contributed by atoms with E-state index in [2.05, 4.69) is 15.5 Å². The summed E-state index contributed by atoms with van der Waals surface area (Å²) in [5, 5.41) is 15.9. The molecule has 21 heavy (non-hydrogen) atoms. The fourth-order valence-corrected chi connectivity index (χ4v) is 2.83. The molecule has 1 aliphatic rings. The van der Waals surface area contributed by atoms with E-state index in [-0.39, 0.29) is 18.9 Å². The topological polar surface area (TPSA) is 105 Å². The van der Waals surface area contributed by atoms with E-state index in [0.717, 1.165) is 25.7 Å². The quantitative estimate of drug-likeness (QED) is 0.802. The molecule has 7 nitrogen and oxygen atoms in total. The molecule has 0 saturated heterocycles. The number of amides is 1. The fourth-order valence-electron chi connectivity index (χ4n) is 2.83. The van der Waals surface area contributed by atoms with Crippen molar-refractivity contribution in [1.29, 1.82) is 0 Å². The van der Waals surface area contributed by atoms with E-state index in [9.17, 15) is 14.7 Å². The summed E-state index contributed by atoms with van der Waals surface area (Å²) in [6, 6.07) is 0. The van der Waals surface area contributed by atoms with Crippen LogP contribution in [0, 0.1) is 12.3 Å². The molecule has 0 aromatic carbocycles. The first-order valence-corrected chi connectivity index (χ1v) is 7.31. The number of carboxylic acids is 1. The molecule has 0 unspecified atom stereocenters. The second-order valence-corrected chi connectivity index (χ2v) is 5.68. The Balaban J connectivity index is 1.93. The number of rotatable bonds is 5. The van der Waals surface area contributed by atoms with Crippen LogP contribution in [-0.2, 0) is 16.1 Å². The Morgan fingerprint density at radius 2 is 1.95 bits per heavy atom. The van der Waals surface area contributed by atoms with Gasteiger partial charge in [-0.2, -0.15) is 4.98 Å². The van der Waals surface area contributed by atoms with Crippen LogP contribution in [-0.4, -0.2) is 27.1 Å². The number of nitrogens with one attached hydrogen (secondary N) is 1. The lowest BCUT2D eigenvalue weighted by atomic mass is 9.77. The number of nitrogens with zero attached hydrogens (tertiary/aromatic N) is 2. The van der Waals surface area contributed by atoms with Gasteiger partial charge in [-0.1, -0.05) is 30.8 Å². The molecular weight excluding hydrogens is 274 g/mol. The molecule has 1 saturated carbocycles. The summed E-state index contributed by atoms with van der Waals surface area (Å²) in [5.41, 5.74) is -0.923. The Labute approximate surface area is 123 Å². The van der Waals surface area contributed by atoms with Gasteiger partial charge in [0, 0.05) is 13.3 Å². The largest absolute Gasteiger partial charge is 0.481 e. The summed E-state index contributed by atoms with van der Waals surface area (Å²) in [6.45, 7) is 1.83. The first kappa shape index (κ1) is 15.5. The third-order valence-electron chi connectivity index (χ3n) is 4.03. The SMILES string of the molecule is Cc1nc(CNC(=O)CC2(C(=O)O)CCCCCC2)no1. The van der Waals surface area contributed by atoms with Crippen molar-refractivity contribution >= 4 is 11.9 Å². The normalized spacial score (nSPS) is 18.0. The minimum atomic E-state index is -0.923. The molecule has 1 aromatic rings. The van der Waals surface area contributed by atoms with E-state index in [1.54, 1.807) is 6.92 Å². The molecule has 0 aliphatic heterocycles. The molecule has 1 amide bonds. The van der Waals surface area contributed by atoms with Gasteiger partial charge < -0.3 is 14.9 Å². The van der Waals surface area contributed by atoms with E-state index in [1.165, 1.54) is 0 Å². The predicted octanol–water partition coefficient (Wildman–Crippen LogP) is 1.81. The van der Waals surface area contributed by atoms with Crippen LogP contribution in [0.3, 0.4) is 0 Å². The van der Waals surface area contributed by atoms with Gasteiger partial charge in [0.1, 0.15) is 0 Å². The molecule has 1 aliphatic carbocycles. The Kier molecular flexibility index (Phi) is 4.93. The van der Waals surface area contributed by atoms with Gasteiger partial charge in [0.15, 0.2) is 5.82 Å². The highest BCUT2D eigenvalue weighted by atomic mass is 16.5. The lowest BCUT2D eigenvalue weighted by molar-refractivity contribution is -0.152. The zero-order chi connectivity index (χ0) is 15.3. The second-order valence-electron chi connectivity index (χ2n) is 5.68. The van der Waals surface area contributed by atoms with Gasteiger partial charge in [0.05, 0.1) is 12.0 Å². The van der Waals surface area contributed by atoms with Gasteiger partial charge in [0.25, 0.3) is 0 Å². The molecule has 2 N–H and O–H groups in total. The summed E-state index contributed by atoms with van der Waals surface area (Å²) in [5.74, 6) is -0.312. The second kappa shape index (κ2) is 6.69. The van der Waals surface area contributed by atoms with E-state index in [1.807, 2.05) is 0 Å². The maximum absolute atomic E-state index is 12.1. The Bertz CT molecular complexity index is 504. The minimum Gasteiger partial charge on any atom is -0.481 e. The monoisotopic (exact) mass is 295 g/mol. The number of carboxylic acid groups (broad SMARTS) is 1. The van der Waals surface area contributed by atoms with Crippen molar-refractivity contribution in [1.82, 2.24) is 15.5 Å². The molecule has 0 radical (unpaired) electrons. The van der Waals surface area contributed by atoms with Crippen LogP contribution in [0.25, 0.3) is 0 Å². The average Bonchev–Trinajstić information content (AvgIpc) is 2.71. The highest BCUT2D eigenvalue weighted by molar-refractivity contribution is 5.84. The number of carbonyl (C=O) groups excluding carboxylic acids is 1. The number of carbonyl (C=O) groups is 2. The van der Waals surface area contributed by atoms with Crippen LogP contribution in [0.1, 0.15) is 56.7 Å². The Morgan fingerprint density at radius 3 is 2.48 bits per heavy atom. The van der Waals surface area contributed by atoms with Gasteiger partial charge in [-0.05, 0) is 12.8 Å². The van der Waals surface area contributed by atoms with Crippen LogP contribution in [0.4, 0.5) is 0 Å². The average molecular weight is 295 g/mol. The summed E-state index contributed by atoms with van der Waals surface area (Å²) in [6.07, 6.45) is 4.96. The van der Waals surface area contributed by atoms with Crippen molar-refractivity contribution in [2.45, 2.75) is 58.4 Å². The third-order valence-corrected chi connectivity index (χ3v) is 4.03. The Hall–Kier alpha value is -1.92. The molecular formula is C14H21N3O4. The highest BCUT2D eigenvalue weighted by Gasteiger charge is 2.40.